The molecule has 154 valence electrons. The third kappa shape index (κ3) is 4.20. The first-order chi connectivity index (χ1) is 14.4. The van der Waals surface area contributed by atoms with E-state index in [0.717, 1.165) is 16.7 Å². The minimum Gasteiger partial charge on any atom is -0.454 e. The van der Waals surface area contributed by atoms with Gasteiger partial charge in [-0.1, -0.05) is 47.7 Å². The quantitative estimate of drug-likeness (QED) is 0.565. The minimum atomic E-state index is -0.163. The van der Waals surface area contributed by atoms with Crippen molar-refractivity contribution >= 4 is 46.2 Å². The second kappa shape index (κ2) is 8.49. The zero-order valence-corrected chi connectivity index (χ0v) is 18.2. The molecule has 2 aromatic carbocycles. The molecular formula is C22H20N2O4S2. The van der Waals surface area contributed by atoms with Gasteiger partial charge in [0, 0.05) is 18.7 Å². The largest absolute Gasteiger partial charge is 0.454 e. The SMILES string of the molecule is Cc1ccc(C)c(C(=O)NCCN2C(=O)/C(=C\c3ccc4c(c3)OCO4)SC2=S)c1. The molecule has 2 heterocycles. The van der Waals surface area contributed by atoms with Gasteiger partial charge in [-0.05, 0) is 49.2 Å². The Balaban J connectivity index is 1.38. The van der Waals surface area contributed by atoms with Gasteiger partial charge in [-0.15, -0.1) is 0 Å². The Morgan fingerprint density at radius 3 is 2.83 bits per heavy atom. The molecule has 1 N–H and O–H groups in total. The Hall–Kier alpha value is -2.84. The van der Waals surface area contributed by atoms with E-state index < -0.39 is 0 Å². The van der Waals surface area contributed by atoms with Gasteiger partial charge in [-0.2, -0.15) is 0 Å². The van der Waals surface area contributed by atoms with Crippen molar-refractivity contribution in [2.45, 2.75) is 13.8 Å². The molecule has 0 bridgehead atoms. The Bertz CT molecular complexity index is 1080. The molecule has 0 aromatic heterocycles. The highest BCUT2D eigenvalue weighted by atomic mass is 32.2. The first kappa shape index (κ1) is 20.4. The van der Waals surface area contributed by atoms with Gasteiger partial charge in [0.1, 0.15) is 4.32 Å². The van der Waals surface area contributed by atoms with E-state index in [1.807, 2.05) is 50.2 Å². The molecule has 8 heteroatoms. The summed E-state index contributed by atoms with van der Waals surface area (Å²) in [4.78, 5) is 27.3. The van der Waals surface area contributed by atoms with Crippen molar-refractivity contribution in [1.82, 2.24) is 10.2 Å². The second-order valence-corrected chi connectivity index (χ2v) is 8.70. The third-order valence-corrected chi connectivity index (χ3v) is 6.20. The number of fused-ring (bicyclic) bond motifs is 1. The molecule has 0 atom stereocenters. The van der Waals surface area contributed by atoms with E-state index in [1.165, 1.54) is 16.7 Å². The van der Waals surface area contributed by atoms with Crippen LogP contribution in [-0.4, -0.2) is 40.9 Å². The summed E-state index contributed by atoms with van der Waals surface area (Å²) in [5, 5.41) is 2.88. The fourth-order valence-corrected chi connectivity index (χ4v) is 4.51. The maximum atomic E-state index is 12.8. The van der Waals surface area contributed by atoms with Crippen LogP contribution in [0.4, 0.5) is 0 Å². The highest BCUT2D eigenvalue weighted by molar-refractivity contribution is 8.26. The highest BCUT2D eigenvalue weighted by Crippen LogP contribution is 2.36. The molecule has 0 radical (unpaired) electrons. The summed E-state index contributed by atoms with van der Waals surface area (Å²) in [6.07, 6.45) is 1.79. The normalized spacial score (nSPS) is 16.5. The summed E-state index contributed by atoms with van der Waals surface area (Å²) in [7, 11) is 0. The second-order valence-electron chi connectivity index (χ2n) is 7.02. The fraction of sp³-hybridized carbons (Fsp3) is 0.227. The molecule has 0 spiro atoms. The van der Waals surface area contributed by atoms with Crippen LogP contribution in [0.2, 0.25) is 0 Å². The molecule has 1 fully saturated rings. The number of nitrogens with zero attached hydrogens (tertiary/aromatic N) is 1. The zero-order valence-electron chi connectivity index (χ0n) is 16.6. The number of nitrogens with one attached hydrogen (secondary N) is 1. The van der Waals surface area contributed by atoms with Gasteiger partial charge < -0.3 is 14.8 Å². The van der Waals surface area contributed by atoms with Crippen molar-refractivity contribution in [3.05, 3.63) is 63.6 Å². The van der Waals surface area contributed by atoms with E-state index in [0.29, 0.717) is 39.4 Å². The zero-order chi connectivity index (χ0) is 21.3. The molecular weight excluding hydrogens is 420 g/mol. The van der Waals surface area contributed by atoms with Gasteiger partial charge in [-0.3, -0.25) is 14.5 Å². The number of hydrogen-bond acceptors (Lipinski definition) is 6. The molecule has 6 nitrogen and oxygen atoms in total. The van der Waals surface area contributed by atoms with Crippen LogP contribution >= 0.6 is 24.0 Å². The van der Waals surface area contributed by atoms with Gasteiger partial charge >= 0.3 is 0 Å². The molecule has 2 aliphatic heterocycles. The first-order valence-corrected chi connectivity index (χ1v) is 10.7. The van der Waals surface area contributed by atoms with E-state index in [1.54, 1.807) is 6.08 Å². The van der Waals surface area contributed by atoms with Crippen molar-refractivity contribution in [3.8, 4) is 11.5 Å². The summed E-state index contributed by atoms with van der Waals surface area (Å²) in [5.74, 6) is 1.04. The lowest BCUT2D eigenvalue weighted by molar-refractivity contribution is -0.122. The van der Waals surface area contributed by atoms with Gasteiger partial charge in [0.05, 0.1) is 4.91 Å². The van der Waals surface area contributed by atoms with Gasteiger partial charge in [0.2, 0.25) is 6.79 Å². The molecule has 30 heavy (non-hydrogen) atoms. The van der Waals surface area contributed by atoms with Crippen molar-refractivity contribution in [3.63, 3.8) is 0 Å². The molecule has 2 amide bonds. The Kier molecular flexibility index (Phi) is 5.78. The fourth-order valence-electron chi connectivity index (χ4n) is 3.20. The number of hydrogen-bond donors (Lipinski definition) is 1. The van der Waals surface area contributed by atoms with Crippen LogP contribution < -0.4 is 14.8 Å². The monoisotopic (exact) mass is 440 g/mol. The number of carbonyl (C=O) groups excluding carboxylic acids is 2. The number of ether oxygens (including phenoxy) is 2. The number of carbonyl (C=O) groups is 2. The Morgan fingerprint density at radius 2 is 2.00 bits per heavy atom. The number of benzene rings is 2. The van der Waals surface area contributed by atoms with Crippen LogP contribution in [-0.2, 0) is 4.79 Å². The van der Waals surface area contributed by atoms with Gasteiger partial charge in [0.25, 0.3) is 11.8 Å². The van der Waals surface area contributed by atoms with Crippen LogP contribution in [0.1, 0.15) is 27.0 Å². The van der Waals surface area contributed by atoms with E-state index in [4.69, 9.17) is 21.7 Å². The predicted molar refractivity (Wildman–Crippen MR) is 121 cm³/mol. The van der Waals surface area contributed by atoms with Crippen LogP contribution in [0, 0.1) is 13.8 Å². The van der Waals surface area contributed by atoms with Gasteiger partial charge in [-0.25, -0.2) is 0 Å². The van der Waals surface area contributed by atoms with Crippen molar-refractivity contribution in [2.75, 3.05) is 19.9 Å². The molecule has 2 aromatic rings. The van der Waals surface area contributed by atoms with Crippen molar-refractivity contribution in [2.24, 2.45) is 0 Å². The van der Waals surface area contributed by atoms with Crippen molar-refractivity contribution in [1.29, 1.82) is 0 Å². The number of thioether (sulfide) groups is 1. The lowest BCUT2D eigenvalue weighted by Gasteiger charge is -2.15. The summed E-state index contributed by atoms with van der Waals surface area (Å²) in [6, 6.07) is 11.3. The Labute approximate surface area is 184 Å². The van der Waals surface area contributed by atoms with E-state index >= 15 is 0 Å². The number of rotatable bonds is 5. The van der Waals surface area contributed by atoms with Crippen LogP contribution in [0.3, 0.4) is 0 Å². The summed E-state index contributed by atoms with van der Waals surface area (Å²) < 4.78 is 11.2. The summed E-state index contributed by atoms with van der Waals surface area (Å²) in [6.45, 7) is 4.69. The van der Waals surface area contributed by atoms with E-state index in [-0.39, 0.29) is 18.6 Å². The average Bonchev–Trinajstić information content (AvgIpc) is 3.29. The summed E-state index contributed by atoms with van der Waals surface area (Å²) >= 11 is 6.62. The Morgan fingerprint density at radius 1 is 1.20 bits per heavy atom. The number of thiocarbonyl (C=S) groups is 1. The molecule has 0 saturated carbocycles. The maximum absolute atomic E-state index is 12.8. The average molecular weight is 441 g/mol. The molecule has 4 rings (SSSR count). The molecule has 1 saturated heterocycles. The molecule has 0 aliphatic carbocycles. The standard InChI is InChI=1S/C22H20N2O4S2/c1-13-3-4-14(2)16(9-13)20(25)23-7-8-24-21(26)19(30-22(24)29)11-15-5-6-17-18(10-15)28-12-27-17/h3-6,9-11H,7-8,12H2,1-2H3,(H,23,25)/b19-11+. The first-order valence-electron chi connectivity index (χ1n) is 9.43. The van der Waals surface area contributed by atoms with Gasteiger partial charge in [0.15, 0.2) is 11.5 Å². The minimum absolute atomic E-state index is 0.155. The number of aryl methyl sites for hydroxylation is 2. The van der Waals surface area contributed by atoms with Crippen LogP contribution in [0.15, 0.2) is 41.3 Å². The van der Waals surface area contributed by atoms with E-state index in [2.05, 4.69) is 5.32 Å². The van der Waals surface area contributed by atoms with E-state index in [9.17, 15) is 9.59 Å². The lowest BCUT2D eigenvalue weighted by Crippen LogP contribution is -2.37. The third-order valence-electron chi connectivity index (χ3n) is 4.83. The van der Waals surface area contributed by atoms with Crippen LogP contribution in [0.25, 0.3) is 6.08 Å². The predicted octanol–water partition coefficient (Wildman–Crippen LogP) is 3.66. The topological polar surface area (TPSA) is 67.9 Å². The molecule has 2 aliphatic rings. The maximum Gasteiger partial charge on any atom is 0.266 e. The van der Waals surface area contributed by atoms with Crippen LogP contribution in [0.5, 0.6) is 11.5 Å². The van der Waals surface area contributed by atoms with Crippen molar-refractivity contribution < 1.29 is 19.1 Å². The highest BCUT2D eigenvalue weighted by Gasteiger charge is 2.31. The number of amides is 2. The molecule has 0 unspecified atom stereocenters. The summed E-state index contributed by atoms with van der Waals surface area (Å²) in [5.41, 5.74) is 3.41. The lowest BCUT2D eigenvalue weighted by atomic mass is 10.1. The smallest absolute Gasteiger partial charge is 0.266 e.